The van der Waals surface area contributed by atoms with Crippen LogP contribution in [0.3, 0.4) is 0 Å². The van der Waals surface area contributed by atoms with Gasteiger partial charge in [0.25, 0.3) is 5.91 Å². The lowest BCUT2D eigenvalue weighted by atomic mass is 10.1. The van der Waals surface area contributed by atoms with Crippen LogP contribution in [0, 0.1) is 53.0 Å². The zero-order valence-corrected chi connectivity index (χ0v) is 15.1. The lowest BCUT2D eigenvalue weighted by Gasteiger charge is -2.09. The zero-order valence-electron chi connectivity index (χ0n) is 15.1. The third kappa shape index (κ3) is 3.46. The topological polar surface area (TPSA) is 116 Å². The van der Waals surface area contributed by atoms with E-state index in [1.54, 1.807) is 5.32 Å². The number of aromatic nitrogens is 3. The SMILES string of the molecule is Cc1onc(C(=O)Nc2c(F)c(F)c(F)c(F)c2F)c1Cn1nc([N+](=O)[O-])cc1C. The molecule has 14 heteroatoms. The number of nitrogens with one attached hydrogen (secondary N) is 1. The Morgan fingerprint density at radius 3 is 2.23 bits per heavy atom. The minimum absolute atomic E-state index is 0.0254. The van der Waals surface area contributed by atoms with E-state index in [9.17, 15) is 36.9 Å². The van der Waals surface area contributed by atoms with Gasteiger partial charge in [-0.25, -0.2) is 22.0 Å². The van der Waals surface area contributed by atoms with Gasteiger partial charge in [0.1, 0.15) is 11.4 Å². The number of benzene rings is 1. The number of amides is 1. The van der Waals surface area contributed by atoms with Crippen LogP contribution in [0.1, 0.15) is 27.5 Å². The molecule has 0 saturated heterocycles. The molecule has 0 fully saturated rings. The molecular weight excluding hydrogens is 421 g/mol. The van der Waals surface area contributed by atoms with Gasteiger partial charge in [-0.3, -0.25) is 4.79 Å². The van der Waals surface area contributed by atoms with Gasteiger partial charge in [0, 0.05) is 0 Å². The summed E-state index contributed by atoms with van der Waals surface area (Å²) in [5, 5.41) is 19.6. The van der Waals surface area contributed by atoms with Crippen molar-refractivity contribution in [2.45, 2.75) is 20.4 Å². The second-order valence-electron chi connectivity index (χ2n) is 6.02. The molecule has 0 aliphatic heterocycles. The van der Waals surface area contributed by atoms with E-state index in [4.69, 9.17) is 4.52 Å². The summed E-state index contributed by atoms with van der Waals surface area (Å²) in [5.41, 5.74) is -1.73. The van der Waals surface area contributed by atoms with Gasteiger partial charge in [-0.05, 0) is 18.8 Å². The fraction of sp³-hybridized carbons (Fsp3) is 0.188. The molecule has 0 atom stereocenters. The molecule has 0 bridgehead atoms. The summed E-state index contributed by atoms with van der Waals surface area (Å²) in [5.74, 6) is -13.1. The Bertz CT molecular complexity index is 1160. The largest absolute Gasteiger partial charge is 0.390 e. The number of nitro groups is 1. The van der Waals surface area contributed by atoms with Crippen LogP contribution in [0.4, 0.5) is 33.5 Å². The van der Waals surface area contributed by atoms with Gasteiger partial charge in [-0.2, -0.15) is 4.68 Å². The molecule has 2 heterocycles. The first-order valence-corrected chi connectivity index (χ1v) is 7.99. The van der Waals surface area contributed by atoms with Gasteiger partial charge in [0.2, 0.25) is 5.82 Å². The average molecular weight is 431 g/mol. The molecule has 9 nitrogen and oxygen atoms in total. The van der Waals surface area contributed by atoms with Crippen LogP contribution in [0.2, 0.25) is 0 Å². The van der Waals surface area contributed by atoms with Gasteiger partial charge < -0.3 is 20.0 Å². The summed E-state index contributed by atoms with van der Waals surface area (Å²) in [7, 11) is 0. The van der Waals surface area contributed by atoms with Crippen molar-refractivity contribution in [3.8, 4) is 0 Å². The van der Waals surface area contributed by atoms with E-state index < -0.39 is 57.1 Å². The highest BCUT2D eigenvalue weighted by Crippen LogP contribution is 2.28. The average Bonchev–Trinajstić information content (AvgIpc) is 3.25. The van der Waals surface area contributed by atoms with Crippen LogP contribution >= 0.6 is 0 Å². The molecule has 3 aromatic rings. The number of nitrogens with zero attached hydrogens (tertiary/aromatic N) is 4. The van der Waals surface area contributed by atoms with E-state index in [1.165, 1.54) is 13.8 Å². The molecule has 0 aliphatic carbocycles. The number of carbonyl (C=O) groups excluding carboxylic acids is 1. The maximum Gasteiger partial charge on any atom is 0.390 e. The Morgan fingerprint density at radius 1 is 1.13 bits per heavy atom. The number of hydrogen-bond acceptors (Lipinski definition) is 6. The molecular formula is C16H10F5N5O4. The second kappa shape index (κ2) is 7.53. The number of aryl methyl sites for hydroxylation is 2. The lowest BCUT2D eigenvalue weighted by molar-refractivity contribution is -0.389. The number of carbonyl (C=O) groups is 1. The van der Waals surface area contributed by atoms with Crippen LogP contribution in [-0.2, 0) is 6.54 Å². The van der Waals surface area contributed by atoms with Crippen molar-refractivity contribution in [2.75, 3.05) is 5.32 Å². The summed E-state index contributed by atoms with van der Waals surface area (Å²) in [6, 6.07) is 1.16. The highest BCUT2D eigenvalue weighted by molar-refractivity contribution is 6.04. The molecule has 0 spiro atoms. The van der Waals surface area contributed by atoms with Crippen molar-refractivity contribution in [3.05, 3.63) is 68.0 Å². The van der Waals surface area contributed by atoms with Crippen LogP contribution in [0.25, 0.3) is 0 Å². The molecule has 0 saturated carbocycles. The van der Waals surface area contributed by atoms with Crippen molar-refractivity contribution in [1.29, 1.82) is 0 Å². The van der Waals surface area contributed by atoms with E-state index in [0.29, 0.717) is 5.69 Å². The zero-order chi connectivity index (χ0) is 22.3. The Hall–Kier alpha value is -3.84. The molecule has 3 rings (SSSR count). The van der Waals surface area contributed by atoms with Crippen LogP contribution < -0.4 is 5.32 Å². The Morgan fingerprint density at radius 2 is 1.70 bits per heavy atom. The maximum absolute atomic E-state index is 13.8. The number of hydrogen-bond donors (Lipinski definition) is 1. The number of anilines is 1. The Kier molecular flexibility index (Phi) is 5.24. The summed E-state index contributed by atoms with van der Waals surface area (Å²) >= 11 is 0. The van der Waals surface area contributed by atoms with E-state index in [1.807, 2.05) is 0 Å². The predicted molar refractivity (Wildman–Crippen MR) is 88.1 cm³/mol. The highest BCUT2D eigenvalue weighted by Gasteiger charge is 2.29. The normalized spacial score (nSPS) is 11.0. The fourth-order valence-corrected chi connectivity index (χ4v) is 2.53. The number of rotatable bonds is 5. The standard InChI is InChI=1S/C16H10F5N5O4/c1-5-3-8(26(28)29)23-25(5)4-7-6(2)30-24-14(7)16(27)22-15-12(20)10(18)9(17)11(19)13(15)21/h3H,4H2,1-2H3,(H,22,27). The van der Waals surface area contributed by atoms with E-state index in [-0.39, 0.29) is 17.9 Å². The minimum atomic E-state index is -2.38. The summed E-state index contributed by atoms with van der Waals surface area (Å²) in [4.78, 5) is 22.5. The van der Waals surface area contributed by atoms with Crippen molar-refractivity contribution in [1.82, 2.24) is 14.9 Å². The molecule has 2 aromatic heterocycles. The van der Waals surface area contributed by atoms with E-state index in [2.05, 4.69) is 10.3 Å². The van der Waals surface area contributed by atoms with Gasteiger partial charge >= 0.3 is 5.82 Å². The van der Waals surface area contributed by atoms with Crippen molar-refractivity contribution in [3.63, 3.8) is 0 Å². The third-order valence-corrected chi connectivity index (χ3v) is 4.11. The minimum Gasteiger partial charge on any atom is -0.361 e. The molecule has 158 valence electrons. The second-order valence-corrected chi connectivity index (χ2v) is 6.02. The molecule has 0 unspecified atom stereocenters. The van der Waals surface area contributed by atoms with E-state index in [0.717, 1.165) is 10.7 Å². The van der Waals surface area contributed by atoms with Crippen molar-refractivity contribution < 1.29 is 36.2 Å². The fourth-order valence-electron chi connectivity index (χ4n) is 2.53. The van der Waals surface area contributed by atoms with Crippen LogP contribution in [0.5, 0.6) is 0 Å². The molecule has 0 radical (unpaired) electrons. The van der Waals surface area contributed by atoms with Crippen molar-refractivity contribution in [2.24, 2.45) is 0 Å². The Labute approximate surface area is 163 Å². The van der Waals surface area contributed by atoms with Gasteiger partial charge in [-0.1, -0.05) is 5.16 Å². The summed E-state index contributed by atoms with van der Waals surface area (Å²) in [6.45, 7) is 2.62. The summed E-state index contributed by atoms with van der Waals surface area (Å²) in [6.07, 6.45) is 0. The number of halogens is 5. The Balaban J connectivity index is 1.96. The van der Waals surface area contributed by atoms with Crippen LogP contribution in [0.15, 0.2) is 10.6 Å². The van der Waals surface area contributed by atoms with E-state index >= 15 is 0 Å². The molecule has 0 aliphatic rings. The monoisotopic (exact) mass is 431 g/mol. The first kappa shape index (κ1) is 20.9. The molecule has 1 N–H and O–H groups in total. The first-order chi connectivity index (χ1) is 14.0. The smallest absolute Gasteiger partial charge is 0.361 e. The predicted octanol–water partition coefficient (Wildman–Crippen LogP) is 3.39. The van der Waals surface area contributed by atoms with Gasteiger partial charge in [-0.15, -0.1) is 0 Å². The third-order valence-electron chi connectivity index (χ3n) is 4.11. The maximum atomic E-state index is 13.8. The molecule has 1 amide bonds. The molecule has 30 heavy (non-hydrogen) atoms. The summed E-state index contributed by atoms with van der Waals surface area (Å²) < 4.78 is 73.4. The van der Waals surface area contributed by atoms with Crippen molar-refractivity contribution >= 4 is 17.4 Å². The lowest BCUT2D eigenvalue weighted by Crippen LogP contribution is -2.19. The van der Waals surface area contributed by atoms with Gasteiger partial charge in [0.15, 0.2) is 29.0 Å². The first-order valence-electron chi connectivity index (χ1n) is 7.99. The highest BCUT2D eigenvalue weighted by atomic mass is 19.2. The van der Waals surface area contributed by atoms with Gasteiger partial charge in [0.05, 0.1) is 29.0 Å². The molecule has 1 aromatic carbocycles. The quantitative estimate of drug-likeness (QED) is 0.218. The van der Waals surface area contributed by atoms with Crippen LogP contribution in [-0.4, -0.2) is 25.8 Å².